The number of carbonyl (C=O) groups excluding carboxylic acids is 1. The Hall–Kier alpha value is -2.36. The number of benzene rings is 1. The zero-order chi connectivity index (χ0) is 19.0. The molecule has 1 aromatic carbocycles. The fourth-order valence-corrected chi connectivity index (χ4v) is 3.94. The van der Waals surface area contributed by atoms with Crippen LogP contribution in [-0.2, 0) is 25.0 Å². The molecule has 0 bridgehead atoms. The number of carbonyl (C=O) groups is 1. The summed E-state index contributed by atoms with van der Waals surface area (Å²) in [4.78, 5) is 11.3. The molecule has 25 heavy (non-hydrogen) atoms. The van der Waals surface area contributed by atoms with Gasteiger partial charge in [-0.05, 0) is 19.1 Å². The molecule has 3 N–H and O–H groups in total. The topological polar surface area (TPSA) is 133 Å². The van der Waals surface area contributed by atoms with Crippen molar-refractivity contribution in [1.82, 2.24) is 9.44 Å². The van der Waals surface area contributed by atoms with Crippen molar-refractivity contribution in [3.05, 3.63) is 23.5 Å². The average Bonchev–Trinajstić information content (AvgIpc) is 2.69. The maximum atomic E-state index is 14.6. The minimum absolute atomic E-state index is 0.274. The standard InChI is InChI=1S/C13H14FN3O6S2/c1-8(15-24(2,20)21)3-4-9-5-6-10(18)13(12(9)14)17-7-11(19)16-25(17,22)23/h5-6,8,15,18H,7H2,1-2H3,(H,16,19). The predicted molar refractivity (Wildman–Crippen MR) is 86.8 cm³/mol. The molecule has 1 aliphatic rings. The summed E-state index contributed by atoms with van der Waals surface area (Å²) in [6, 6.07) is 1.30. The molecule has 0 saturated carbocycles. The van der Waals surface area contributed by atoms with E-state index in [9.17, 15) is 31.1 Å². The predicted octanol–water partition coefficient (Wildman–Crippen LogP) is -0.998. The zero-order valence-electron chi connectivity index (χ0n) is 13.1. The van der Waals surface area contributed by atoms with Crippen LogP contribution in [0, 0.1) is 17.7 Å². The highest BCUT2D eigenvalue weighted by atomic mass is 32.2. The molecule has 1 aliphatic heterocycles. The maximum Gasteiger partial charge on any atom is 0.326 e. The highest BCUT2D eigenvalue weighted by Crippen LogP contribution is 2.34. The number of phenols is 1. The Morgan fingerprint density at radius 2 is 2.08 bits per heavy atom. The van der Waals surface area contributed by atoms with Crippen molar-refractivity contribution in [2.24, 2.45) is 0 Å². The molecule has 9 nitrogen and oxygen atoms in total. The maximum absolute atomic E-state index is 14.6. The van der Waals surface area contributed by atoms with Gasteiger partial charge in [-0.25, -0.2) is 26.6 Å². The first-order chi connectivity index (χ1) is 11.4. The van der Waals surface area contributed by atoms with E-state index < -0.39 is 56.0 Å². The van der Waals surface area contributed by atoms with Crippen molar-refractivity contribution in [1.29, 1.82) is 0 Å². The SMILES string of the molecule is CC(C#Cc1ccc(O)c(N2CC(=O)NS2(=O)=O)c1F)NS(C)(=O)=O. The number of halogens is 1. The third-order valence-corrected chi connectivity index (χ3v) is 5.14. The monoisotopic (exact) mass is 391 g/mol. The number of nitrogens with one attached hydrogen (secondary N) is 2. The van der Waals surface area contributed by atoms with E-state index in [0.717, 1.165) is 18.4 Å². The Labute approximate surface area is 144 Å². The summed E-state index contributed by atoms with van der Waals surface area (Å²) in [6.45, 7) is 0.747. The van der Waals surface area contributed by atoms with Crippen LogP contribution >= 0.6 is 0 Å². The van der Waals surface area contributed by atoms with E-state index >= 15 is 0 Å². The van der Waals surface area contributed by atoms with Crippen LogP contribution in [0.3, 0.4) is 0 Å². The molecule has 1 fully saturated rings. The number of amides is 1. The molecule has 1 saturated heterocycles. The van der Waals surface area contributed by atoms with Gasteiger partial charge in [-0.2, -0.15) is 8.42 Å². The lowest BCUT2D eigenvalue weighted by molar-refractivity contribution is -0.117. The van der Waals surface area contributed by atoms with Crippen molar-refractivity contribution in [3.8, 4) is 17.6 Å². The van der Waals surface area contributed by atoms with E-state index in [-0.39, 0.29) is 5.56 Å². The van der Waals surface area contributed by atoms with Crippen LogP contribution in [0.25, 0.3) is 0 Å². The summed E-state index contributed by atoms with van der Waals surface area (Å²) < 4.78 is 64.6. The van der Waals surface area contributed by atoms with Crippen molar-refractivity contribution >= 4 is 31.8 Å². The van der Waals surface area contributed by atoms with Gasteiger partial charge in [-0.1, -0.05) is 11.8 Å². The molecule has 0 spiro atoms. The lowest BCUT2D eigenvalue weighted by Gasteiger charge is -2.17. The molecule has 136 valence electrons. The van der Waals surface area contributed by atoms with Gasteiger partial charge in [0.15, 0.2) is 5.82 Å². The van der Waals surface area contributed by atoms with Crippen LogP contribution in [-0.4, -0.2) is 46.7 Å². The fourth-order valence-electron chi connectivity index (χ4n) is 2.07. The largest absolute Gasteiger partial charge is 0.506 e. The Morgan fingerprint density at radius 3 is 2.60 bits per heavy atom. The van der Waals surface area contributed by atoms with Crippen LogP contribution in [0.5, 0.6) is 5.75 Å². The molecular formula is C13H14FN3O6S2. The molecular weight excluding hydrogens is 377 g/mol. The van der Waals surface area contributed by atoms with E-state index in [1.54, 1.807) is 4.72 Å². The minimum Gasteiger partial charge on any atom is -0.506 e. The number of anilines is 1. The second kappa shape index (κ2) is 6.51. The first-order valence-electron chi connectivity index (χ1n) is 6.74. The van der Waals surface area contributed by atoms with Gasteiger partial charge in [-0.3, -0.25) is 4.79 Å². The van der Waals surface area contributed by atoms with Crippen LogP contribution in [0.2, 0.25) is 0 Å². The summed E-state index contributed by atoms with van der Waals surface area (Å²) in [6.07, 6.45) is 0.937. The molecule has 1 aromatic rings. The number of aromatic hydroxyl groups is 1. The molecule has 0 radical (unpaired) electrons. The van der Waals surface area contributed by atoms with Crippen LogP contribution in [0.1, 0.15) is 12.5 Å². The number of hydrogen-bond acceptors (Lipinski definition) is 6. The minimum atomic E-state index is -4.31. The number of sulfonamides is 1. The second-order valence-electron chi connectivity index (χ2n) is 5.21. The number of rotatable bonds is 3. The zero-order valence-corrected chi connectivity index (χ0v) is 14.7. The Morgan fingerprint density at radius 1 is 1.44 bits per heavy atom. The highest BCUT2D eigenvalue weighted by molar-refractivity contribution is 7.92. The molecule has 1 amide bonds. The third kappa shape index (κ3) is 4.38. The first-order valence-corrected chi connectivity index (χ1v) is 10.1. The van der Waals surface area contributed by atoms with Gasteiger partial charge in [0, 0.05) is 0 Å². The summed E-state index contributed by atoms with van der Waals surface area (Å²) >= 11 is 0. The van der Waals surface area contributed by atoms with Crippen LogP contribution < -0.4 is 13.7 Å². The van der Waals surface area contributed by atoms with E-state index in [1.807, 2.05) is 0 Å². The van der Waals surface area contributed by atoms with Crippen molar-refractivity contribution < 1.29 is 31.1 Å². The Balaban J connectivity index is 2.44. The average molecular weight is 391 g/mol. The van der Waals surface area contributed by atoms with Crippen molar-refractivity contribution in [2.75, 3.05) is 17.1 Å². The normalized spacial score (nSPS) is 17.6. The lowest BCUT2D eigenvalue weighted by Crippen LogP contribution is -2.30. The molecule has 12 heteroatoms. The number of phenolic OH excluding ortho intramolecular Hbond substituents is 1. The second-order valence-corrected chi connectivity index (χ2v) is 8.59. The smallest absolute Gasteiger partial charge is 0.326 e. The van der Waals surface area contributed by atoms with E-state index in [1.165, 1.54) is 6.92 Å². The Kier molecular flexibility index (Phi) is 4.94. The molecule has 0 aromatic heterocycles. The molecule has 0 aliphatic carbocycles. The van der Waals surface area contributed by atoms with Crippen LogP contribution in [0.15, 0.2) is 12.1 Å². The van der Waals surface area contributed by atoms with Gasteiger partial charge in [0.2, 0.25) is 10.0 Å². The van der Waals surface area contributed by atoms with Gasteiger partial charge in [0.1, 0.15) is 18.0 Å². The van der Waals surface area contributed by atoms with Gasteiger partial charge >= 0.3 is 10.2 Å². The molecule has 1 atom stereocenters. The summed E-state index contributed by atoms with van der Waals surface area (Å²) in [7, 11) is -7.82. The molecule has 1 heterocycles. The third-order valence-electron chi connectivity index (χ3n) is 2.98. The first kappa shape index (κ1) is 19.0. The summed E-state index contributed by atoms with van der Waals surface area (Å²) in [5, 5.41) is 9.80. The fraction of sp³-hybridized carbons (Fsp3) is 0.308. The van der Waals surface area contributed by atoms with E-state index in [0.29, 0.717) is 4.31 Å². The van der Waals surface area contributed by atoms with Gasteiger partial charge in [0.25, 0.3) is 5.91 Å². The van der Waals surface area contributed by atoms with Gasteiger partial charge < -0.3 is 5.11 Å². The van der Waals surface area contributed by atoms with Gasteiger partial charge in [0.05, 0.1) is 17.9 Å². The summed E-state index contributed by atoms with van der Waals surface area (Å²) in [5.41, 5.74) is -0.988. The van der Waals surface area contributed by atoms with Crippen LogP contribution in [0.4, 0.5) is 10.1 Å². The molecule has 1 unspecified atom stereocenters. The lowest BCUT2D eigenvalue weighted by atomic mass is 10.1. The van der Waals surface area contributed by atoms with E-state index in [2.05, 4.69) is 16.6 Å². The Bertz CT molecular complexity index is 995. The quantitative estimate of drug-likeness (QED) is 0.566. The number of nitrogens with zero attached hydrogens (tertiary/aromatic N) is 1. The van der Waals surface area contributed by atoms with E-state index in [4.69, 9.17) is 0 Å². The van der Waals surface area contributed by atoms with Crippen molar-refractivity contribution in [3.63, 3.8) is 0 Å². The summed E-state index contributed by atoms with van der Waals surface area (Å²) in [5.74, 6) is 2.11. The molecule has 2 rings (SSSR count). The van der Waals surface area contributed by atoms with Crippen molar-refractivity contribution in [2.45, 2.75) is 13.0 Å². The van der Waals surface area contributed by atoms with Gasteiger partial charge in [-0.15, -0.1) is 0 Å². The highest BCUT2D eigenvalue weighted by Gasteiger charge is 2.37. The number of hydrogen-bond donors (Lipinski definition) is 3.